The van der Waals surface area contributed by atoms with Crippen molar-refractivity contribution in [3.8, 4) is 17.2 Å². The fourth-order valence-corrected chi connectivity index (χ4v) is 4.03. The Morgan fingerprint density at radius 2 is 1.82 bits per heavy atom. The van der Waals surface area contributed by atoms with Gasteiger partial charge in [-0.1, -0.05) is 61.9 Å². The molecule has 33 heavy (non-hydrogen) atoms. The number of anilines is 1. The van der Waals surface area contributed by atoms with Gasteiger partial charge in [-0.05, 0) is 41.3 Å². The number of hydrogen-bond donors (Lipinski definition) is 1. The van der Waals surface area contributed by atoms with Gasteiger partial charge in [0, 0.05) is 6.54 Å². The Morgan fingerprint density at radius 3 is 2.58 bits per heavy atom. The summed E-state index contributed by atoms with van der Waals surface area (Å²) in [4.78, 5) is 17.3. The number of methoxy groups -OCH3 is 1. The van der Waals surface area contributed by atoms with E-state index >= 15 is 0 Å². The van der Waals surface area contributed by atoms with Crippen LogP contribution in [0.2, 0.25) is 0 Å². The summed E-state index contributed by atoms with van der Waals surface area (Å²) in [5.41, 5.74) is 5.44. The normalized spacial score (nSPS) is 10.7. The van der Waals surface area contributed by atoms with E-state index in [9.17, 15) is 10.1 Å². The van der Waals surface area contributed by atoms with Gasteiger partial charge < -0.3 is 14.6 Å². The van der Waals surface area contributed by atoms with Crippen molar-refractivity contribution in [3.05, 3.63) is 83.4 Å². The van der Waals surface area contributed by atoms with Gasteiger partial charge in [-0.2, -0.15) is 5.26 Å². The topological polar surface area (TPSA) is 79.9 Å². The van der Waals surface area contributed by atoms with E-state index in [1.54, 1.807) is 6.07 Å². The zero-order chi connectivity index (χ0) is 23.2. The highest BCUT2D eigenvalue weighted by Crippen LogP contribution is 2.31. The number of rotatable bonds is 8. The van der Waals surface area contributed by atoms with E-state index < -0.39 is 5.97 Å². The van der Waals surface area contributed by atoms with Gasteiger partial charge in [0.05, 0.1) is 41.9 Å². The van der Waals surface area contributed by atoms with E-state index in [0.29, 0.717) is 23.6 Å². The highest BCUT2D eigenvalue weighted by Gasteiger charge is 2.20. The van der Waals surface area contributed by atoms with Crippen molar-refractivity contribution in [1.82, 2.24) is 9.55 Å². The van der Waals surface area contributed by atoms with Crippen molar-refractivity contribution in [3.63, 3.8) is 0 Å². The fourth-order valence-electron chi connectivity index (χ4n) is 4.03. The van der Waals surface area contributed by atoms with Crippen LogP contribution in [0, 0.1) is 11.3 Å². The third-order valence-corrected chi connectivity index (χ3v) is 5.67. The Bertz CT molecular complexity index is 1330. The third-order valence-electron chi connectivity index (χ3n) is 5.67. The molecule has 0 aliphatic carbocycles. The van der Waals surface area contributed by atoms with Crippen LogP contribution < -0.4 is 5.32 Å². The zero-order valence-electron chi connectivity index (χ0n) is 18.8. The molecule has 0 amide bonds. The smallest absolute Gasteiger partial charge is 0.340 e. The lowest BCUT2D eigenvalue weighted by Gasteiger charge is -2.16. The summed E-state index contributed by atoms with van der Waals surface area (Å²) in [6, 6.07) is 23.4. The van der Waals surface area contributed by atoms with Crippen LogP contribution in [-0.2, 0) is 11.3 Å². The Kier molecular flexibility index (Phi) is 6.70. The van der Waals surface area contributed by atoms with Crippen LogP contribution in [-0.4, -0.2) is 29.2 Å². The molecule has 1 N–H and O–H groups in total. The molecule has 0 unspecified atom stereocenters. The lowest BCUT2D eigenvalue weighted by atomic mass is 9.96. The number of carbonyl (C=O) groups excluding carboxylic acids is 1. The van der Waals surface area contributed by atoms with Crippen LogP contribution in [0.1, 0.15) is 41.3 Å². The largest absolute Gasteiger partial charge is 0.465 e. The second-order valence-corrected chi connectivity index (χ2v) is 7.78. The van der Waals surface area contributed by atoms with E-state index in [2.05, 4.69) is 18.3 Å². The van der Waals surface area contributed by atoms with Crippen LogP contribution >= 0.6 is 0 Å². The molecule has 3 aromatic carbocycles. The molecule has 4 rings (SSSR count). The average Bonchev–Trinajstić information content (AvgIpc) is 3.21. The summed E-state index contributed by atoms with van der Waals surface area (Å²) in [6.07, 6.45) is 2.08. The summed E-state index contributed by atoms with van der Waals surface area (Å²) in [6.45, 7) is 3.41. The van der Waals surface area contributed by atoms with Crippen LogP contribution in [0.5, 0.6) is 0 Å². The standard InChI is InChI=1S/C27H26N4O2/c1-3-4-16-29-27-30-24-15-9-14-23(26(32)33-2)25(24)31(27)18-20-11-6-8-13-22(20)21-12-7-5-10-19(21)17-28/h5-15H,3-4,16,18H2,1-2H3,(H,29,30). The number of para-hydroxylation sites is 1. The lowest BCUT2D eigenvalue weighted by molar-refractivity contribution is 0.0602. The lowest BCUT2D eigenvalue weighted by Crippen LogP contribution is -2.12. The van der Waals surface area contributed by atoms with Gasteiger partial charge in [0.15, 0.2) is 0 Å². The molecule has 0 aliphatic rings. The molecule has 0 spiro atoms. The Morgan fingerprint density at radius 1 is 1.06 bits per heavy atom. The van der Waals surface area contributed by atoms with E-state index in [4.69, 9.17) is 9.72 Å². The molecule has 6 nitrogen and oxygen atoms in total. The van der Waals surface area contributed by atoms with Gasteiger partial charge in [-0.15, -0.1) is 0 Å². The van der Waals surface area contributed by atoms with Gasteiger partial charge in [-0.25, -0.2) is 9.78 Å². The molecule has 1 heterocycles. The van der Waals surface area contributed by atoms with Crippen LogP contribution in [0.4, 0.5) is 5.95 Å². The number of benzene rings is 3. The quantitative estimate of drug-likeness (QED) is 0.285. The number of nitrogens with one attached hydrogen (secondary N) is 1. The molecule has 6 heteroatoms. The Hall–Kier alpha value is -4.11. The number of carbonyl (C=O) groups is 1. The molecule has 4 aromatic rings. The predicted molar refractivity (Wildman–Crippen MR) is 130 cm³/mol. The molecule has 0 saturated carbocycles. The van der Waals surface area contributed by atoms with Crippen LogP contribution in [0.25, 0.3) is 22.2 Å². The molecule has 0 radical (unpaired) electrons. The monoisotopic (exact) mass is 438 g/mol. The van der Waals surface area contributed by atoms with Crippen molar-refractivity contribution in [2.45, 2.75) is 26.3 Å². The maximum Gasteiger partial charge on any atom is 0.340 e. The number of nitriles is 1. The number of esters is 1. The fraction of sp³-hybridized carbons (Fsp3) is 0.222. The maximum absolute atomic E-state index is 12.6. The van der Waals surface area contributed by atoms with Crippen molar-refractivity contribution >= 4 is 23.0 Å². The van der Waals surface area contributed by atoms with Crippen LogP contribution in [0.3, 0.4) is 0 Å². The molecular weight excluding hydrogens is 412 g/mol. The number of imidazole rings is 1. The number of fused-ring (bicyclic) bond motifs is 1. The van der Waals surface area contributed by atoms with Gasteiger partial charge in [0.25, 0.3) is 0 Å². The second kappa shape index (κ2) is 10.0. The zero-order valence-corrected chi connectivity index (χ0v) is 18.8. The first-order valence-electron chi connectivity index (χ1n) is 11.1. The number of nitrogens with zero attached hydrogens (tertiary/aromatic N) is 3. The van der Waals surface area contributed by atoms with Gasteiger partial charge >= 0.3 is 5.97 Å². The molecule has 0 atom stereocenters. The van der Waals surface area contributed by atoms with Crippen molar-refractivity contribution < 1.29 is 9.53 Å². The second-order valence-electron chi connectivity index (χ2n) is 7.78. The Balaban J connectivity index is 1.88. The summed E-state index contributed by atoms with van der Waals surface area (Å²) < 4.78 is 7.08. The van der Waals surface area contributed by atoms with Gasteiger partial charge in [-0.3, -0.25) is 0 Å². The number of hydrogen-bond acceptors (Lipinski definition) is 5. The first-order valence-corrected chi connectivity index (χ1v) is 11.1. The van der Waals surface area contributed by atoms with Crippen molar-refractivity contribution in [1.29, 1.82) is 5.26 Å². The average molecular weight is 439 g/mol. The minimum atomic E-state index is -0.398. The molecule has 0 bridgehead atoms. The molecule has 166 valence electrons. The van der Waals surface area contributed by atoms with Gasteiger partial charge in [0.2, 0.25) is 5.95 Å². The van der Waals surface area contributed by atoms with Crippen molar-refractivity contribution in [2.24, 2.45) is 0 Å². The summed E-state index contributed by atoms with van der Waals surface area (Å²) in [5, 5.41) is 13.1. The SMILES string of the molecule is CCCCNc1nc2cccc(C(=O)OC)c2n1Cc1ccccc1-c1ccccc1C#N. The van der Waals surface area contributed by atoms with Crippen molar-refractivity contribution in [2.75, 3.05) is 19.0 Å². The summed E-state index contributed by atoms with van der Waals surface area (Å²) >= 11 is 0. The number of aromatic nitrogens is 2. The highest BCUT2D eigenvalue weighted by molar-refractivity contribution is 6.02. The molecule has 0 saturated heterocycles. The van der Waals surface area contributed by atoms with E-state index in [0.717, 1.165) is 47.1 Å². The minimum Gasteiger partial charge on any atom is -0.465 e. The predicted octanol–water partition coefficient (Wildman–Crippen LogP) is 5.62. The number of ether oxygens (including phenoxy) is 1. The maximum atomic E-state index is 12.6. The van der Waals surface area contributed by atoms with E-state index in [-0.39, 0.29) is 0 Å². The molecule has 0 aliphatic heterocycles. The van der Waals surface area contributed by atoms with E-state index in [1.807, 2.05) is 65.2 Å². The summed E-state index contributed by atoms with van der Waals surface area (Å²) in [7, 11) is 1.39. The Labute approximate surface area is 193 Å². The first-order chi connectivity index (χ1) is 16.2. The first kappa shape index (κ1) is 22.1. The molecule has 0 fully saturated rings. The van der Waals surface area contributed by atoms with Crippen LogP contribution in [0.15, 0.2) is 66.7 Å². The minimum absolute atomic E-state index is 0.398. The third kappa shape index (κ3) is 4.44. The molecule has 1 aromatic heterocycles. The van der Waals surface area contributed by atoms with E-state index in [1.165, 1.54) is 7.11 Å². The summed E-state index contributed by atoms with van der Waals surface area (Å²) in [5.74, 6) is 0.308. The van der Waals surface area contributed by atoms with Gasteiger partial charge in [0.1, 0.15) is 0 Å². The highest BCUT2D eigenvalue weighted by atomic mass is 16.5. The number of unbranched alkanes of at least 4 members (excludes halogenated alkanes) is 1. The molecular formula is C27H26N4O2.